The highest BCUT2D eigenvalue weighted by atomic mass is 19.1. The summed E-state index contributed by atoms with van der Waals surface area (Å²) in [6.45, 7) is 1.12. The average molecular weight is 312 g/mol. The molecular formula is C15H18F2N2O3. The third-order valence-corrected chi connectivity index (χ3v) is 3.61. The SMILES string of the molecule is COC(=O)[C@H]1CCCN1CCC(=O)Nc1cc(F)cc(F)c1. The molecule has 0 bridgehead atoms. The van der Waals surface area contributed by atoms with Crippen LogP contribution in [0.4, 0.5) is 14.5 Å². The predicted octanol–water partition coefficient (Wildman–Crippen LogP) is 1.93. The molecular weight excluding hydrogens is 294 g/mol. The minimum Gasteiger partial charge on any atom is -0.468 e. The quantitative estimate of drug-likeness (QED) is 0.844. The molecule has 0 aliphatic carbocycles. The maximum Gasteiger partial charge on any atom is 0.323 e. The van der Waals surface area contributed by atoms with Crippen LogP contribution in [-0.4, -0.2) is 43.0 Å². The molecule has 7 heteroatoms. The Kier molecular flexibility index (Phi) is 5.43. The van der Waals surface area contributed by atoms with Crippen LogP contribution in [-0.2, 0) is 14.3 Å². The van der Waals surface area contributed by atoms with E-state index in [1.165, 1.54) is 7.11 Å². The van der Waals surface area contributed by atoms with Crippen LogP contribution in [0.1, 0.15) is 19.3 Å². The first-order chi connectivity index (χ1) is 10.5. The van der Waals surface area contributed by atoms with Crippen molar-refractivity contribution in [3.05, 3.63) is 29.8 Å². The highest BCUT2D eigenvalue weighted by Gasteiger charge is 2.31. The summed E-state index contributed by atoms with van der Waals surface area (Å²) >= 11 is 0. The van der Waals surface area contributed by atoms with Gasteiger partial charge < -0.3 is 10.1 Å². The topological polar surface area (TPSA) is 58.6 Å². The molecule has 5 nitrogen and oxygen atoms in total. The van der Waals surface area contributed by atoms with Gasteiger partial charge in [-0.3, -0.25) is 14.5 Å². The number of nitrogens with one attached hydrogen (secondary N) is 1. The molecule has 0 saturated carbocycles. The van der Waals surface area contributed by atoms with E-state index in [0.29, 0.717) is 13.0 Å². The number of nitrogens with zero attached hydrogens (tertiary/aromatic N) is 1. The van der Waals surface area contributed by atoms with Gasteiger partial charge in [0.25, 0.3) is 0 Å². The number of likely N-dealkylation sites (tertiary alicyclic amines) is 1. The second kappa shape index (κ2) is 7.31. The third-order valence-electron chi connectivity index (χ3n) is 3.61. The van der Waals surface area contributed by atoms with Crippen LogP contribution in [0, 0.1) is 11.6 Å². The van der Waals surface area contributed by atoms with E-state index in [1.807, 2.05) is 4.90 Å². The van der Waals surface area contributed by atoms with Crippen molar-refractivity contribution in [3.63, 3.8) is 0 Å². The summed E-state index contributed by atoms with van der Waals surface area (Å²) in [6.07, 6.45) is 1.71. The summed E-state index contributed by atoms with van der Waals surface area (Å²) < 4.78 is 30.8. The van der Waals surface area contributed by atoms with Crippen LogP contribution in [0.5, 0.6) is 0 Å². The molecule has 1 heterocycles. The molecule has 1 amide bonds. The molecule has 22 heavy (non-hydrogen) atoms. The predicted molar refractivity (Wildman–Crippen MR) is 76.2 cm³/mol. The second-order valence-electron chi connectivity index (χ2n) is 5.17. The average Bonchev–Trinajstić information content (AvgIpc) is 2.91. The van der Waals surface area contributed by atoms with E-state index in [-0.39, 0.29) is 30.0 Å². The zero-order valence-electron chi connectivity index (χ0n) is 12.3. The Labute approximate surface area is 127 Å². The van der Waals surface area contributed by atoms with Gasteiger partial charge in [-0.2, -0.15) is 0 Å². The van der Waals surface area contributed by atoms with Crippen LogP contribution in [0.3, 0.4) is 0 Å². The first kappa shape index (κ1) is 16.4. The van der Waals surface area contributed by atoms with Gasteiger partial charge in [0.05, 0.1) is 7.11 Å². The van der Waals surface area contributed by atoms with Gasteiger partial charge in [0.15, 0.2) is 0 Å². The number of hydrogen-bond acceptors (Lipinski definition) is 4. The van der Waals surface area contributed by atoms with Crippen molar-refractivity contribution in [2.24, 2.45) is 0 Å². The van der Waals surface area contributed by atoms with Gasteiger partial charge >= 0.3 is 5.97 Å². The molecule has 120 valence electrons. The van der Waals surface area contributed by atoms with Crippen LogP contribution in [0.25, 0.3) is 0 Å². The number of halogens is 2. The fourth-order valence-electron chi connectivity index (χ4n) is 2.59. The number of carbonyl (C=O) groups is 2. The van der Waals surface area contributed by atoms with E-state index in [2.05, 4.69) is 5.32 Å². The number of rotatable bonds is 5. The van der Waals surface area contributed by atoms with Crippen molar-refractivity contribution in [2.45, 2.75) is 25.3 Å². The van der Waals surface area contributed by atoms with Crippen molar-refractivity contribution in [1.82, 2.24) is 4.90 Å². The van der Waals surface area contributed by atoms with Crippen molar-refractivity contribution in [2.75, 3.05) is 25.5 Å². The minimum atomic E-state index is -0.749. The summed E-state index contributed by atoms with van der Waals surface area (Å²) in [7, 11) is 1.34. The Morgan fingerprint density at radius 2 is 2.00 bits per heavy atom. The van der Waals surface area contributed by atoms with Crippen molar-refractivity contribution in [3.8, 4) is 0 Å². The van der Waals surface area contributed by atoms with Crippen LogP contribution >= 0.6 is 0 Å². The number of amides is 1. The van der Waals surface area contributed by atoms with Gasteiger partial charge in [0.1, 0.15) is 17.7 Å². The first-order valence-corrected chi connectivity index (χ1v) is 7.07. The van der Waals surface area contributed by atoms with E-state index < -0.39 is 11.6 Å². The van der Waals surface area contributed by atoms with Gasteiger partial charge in [-0.15, -0.1) is 0 Å². The van der Waals surface area contributed by atoms with Gasteiger partial charge in [-0.25, -0.2) is 8.78 Å². The van der Waals surface area contributed by atoms with Crippen LogP contribution < -0.4 is 5.32 Å². The number of esters is 1. The number of hydrogen-bond donors (Lipinski definition) is 1. The second-order valence-corrected chi connectivity index (χ2v) is 5.17. The maximum absolute atomic E-state index is 13.0. The monoisotopic (exact) mass is 312 g/mol. The third kappa shape index (κ3) is 4.24. The summed E-state index contributed by atoms with van der Waals surface area (Å²) in [4.78, 5) is 25.3. The molecule has 2 rings (SSSR count). The Morgan fingerprint density at radius 3 is 2.64 bits per heavy atom. The number of carbonyl (C=O) groups excluding carboxylic acids is 2. The Hall–Kier alpha value is -2.02. The molecule has 1 fully saturated rings. The fraction of sp³-hybridized carbons (Fsp3) is 0.467. The zero-order chi connectivity index (χ0) is 16.1. The molecule has 1 aliphatic rings. The van der Waals surface area contributed by atoms with Crippen molar-refractivity contribution in [1.29, 1.82) is 0 Å². The smallest absolute Gasteiger partial charge is 0.323 e. The highest BCUT2D eigenvalue weighted by Crippen LogP contribution is 2.19. The van der Waals surface area contributed by atoms with Crippen LogP contribution in [0.15, 0.2) is 18.2 Å². The molecule has 1 N–H and O–H groups in total. The maximum atomic E-state index is 13.0. The van der Waals surface area contributed by atoms with Crippen molar-refractivity contribution >= 4 is 17.6 Å². The van der Waals surface area contributed by atoms with Gasteiger partial charge in [-0.05, 0) is 31.5 Å². The number of benzene rings is 1. The lowest BCUT2D eigenvalue weighted by Gasteiger charge is -2.21. The Balaban J connectivity index is 1.86. The lowest BCUT2D eigenvalue weighted by Crippen LogP contribution is -2.38. The number of anilines is 1. The lowest BCUT2D eigenvalue weighted by molar-refractivity contribution is -0.146. The highest BCUT2D eigenvalue weighted by molar-refractivity contribution is 5.90. The van der Waals surface area contributed by atoms with E-state index in [1.54, 1.807) is 0 Å². The van der Waals surface area contributed by atoms with Crippen LogP contribution in [0.2, 0.25) is 0 Å². The molecule has 1 aromatic rings. The van der Waals surface area contributed by atoms with Gasteiger partial charge in [0, 0.05) is 24.7 Å². The summed E-state index contributed by atoms with van der Waals surface area (Å²) in [6, 6.07) is 2.52. The molecule has 0 unspecified atom stereocenters. The van der Waals surface area contributed by atoms with E-state index >= 15 is 0 Å². The largest absolute Gasteiger partial charge is 0.468 e. The first-order valence-electron chi connectivity index (χ1n) is 7.07. The lowest BCUT2D eigenvalue weighted by atomic mass is 10.2. The molecule has 1 aliphatic heterocycles. The Bertz CT molecular complexity index is 545. The number of methoxy groups -OCH3 is 1. The fourth-order valence-corrected chi connectivity index (χ4v) is 2.59. The van der Waals surface area contributed by atoms with Gasteiger partial charge in [-0.1, -0.05) is 0 Å². The molecule has 0 aromatic heterocycles. The standard InChI is InChI=1S/C15H18F2N2O3/c1-22-15(21)13-3-2-5-19(13)6-4-14(20)18-12-8-10(16)7-11(17)9-12/h7-9,13H,2-6H2,1H3,(H,18,20)/t13-/m1/s1. The molecule has 1 atom stereocenters. The number of ether oxygens (including phenoxy) is 1. The molecule has 0 spiro atoms. The molecule has 1 saturated heterocycles. The van der Waals surface area contributed by atoms with E-state index in [9.17, 15) is 18.4 Å². The molecule has 1 aromatic carbocycles. The molecule has 0 radical (unpaired) electrons. The summed E-state index contributed by atoms with van der Waals surface area (Å²) in [5.74, 6) is -2.16. The zero-order valence-corrected chi connectivity index (χ0v) is 12.3. The summed E-state index contributed by atoms with van der Waals surface area (Å²) in [5.41, 5.74) is 0.0773. The van der Waals surface area contributed by atoms with E-state index in [4.69, 9.17) is 4.74 Å². The normalized spacial score (nSPS) is 18.2. The summed E-state index contributed by atoms with van der Waals surface area (Å²) in [5, 5.41) is 2.44. The minimum absolute atomic E-state index is 0.0773. The Morgan fingerprint density at radius 1 is 1.32 bits per heavy atom. The van der Waals surface area contributed by atoms with E-state index in [0.717, 1.165) is 31.2 Å². The van der Waals surface area contributed by atoms with Gasteiger partial charge in [0.2, 0.25) is 5.91 Å². The van der Waals surface area contributed by atoms with Crippen molar-refractivity contribution < 1.29 is 23.1 Å².